The smallest absolute Gasteiger partial charge is 0.323 e. The minimum Gasteiger partial charge on any atom is -0.462 e. The van der Waals surface area contributed by atoms with Gasteiger partial charge in [-0.25, -0.2) is 0 Å². The Balaban J connectivity index is 2.66. The van der Waals surface area contributed by atoms with E-state index in [9.17, 15) is 0 Å². The topological polar surface area (TPSA) is 80.4 Å². The van der Waals surface area contributed by atoms with Crippen molar-refractivity contribution in [1.29, 1.82) is 0 Å². The molecule has 114 valence electrons. The van der Waals surface area contributed by atoms with Crippen molar-refractivity contribution in [3.05, 3.63) is 0 Å². The van der Waals surface area contributed by atoms with E-state index in [-0.39, 0.29) is 5.95 Å². The van der Waals surface area contributed by atoms with E-state index in [2.05, 4.69) is 33.7 Å². The van der Waals surface area contributed by atoms with Gasteiger partial charge >= 0.3 is 6.01 Å². The van der Waals surface area contributed by atoms with Crippen LogP contribution in [0.5, 0.6) is 6.01 Å². The monoisotopic (exact) mass is 282 g/mol. The molecule has 0 fully saturated rings. The molecule has 0 saturated carbocycles. The van der Waals surface area contributed by atoms with Crippen molar-refractivity contribution in [1.82, 2.24) is 19.9 Å². The molecule has 0 aliphatic rings. The maximum atomic E-state index is 5.71. The molecule has 0 spiro atoms. The summed E-state index contributed by atoms with van der Waals surface area (Å²) in [6, 6.07) is 0.298. The Morgan fingerprint density at radius 1 is 0.950 bits per heavy atom. The lowest BCUT2D eigenvalue weighted by Gasteiger charge is -2.20. The van der Waals surface area contributed by atoms with Crippen LogP contribution in [0, 0.1) is 0 Å². The molecule has 0 atom stereocenters. The highest BCUT2D eigenvalue weighted by molar-refractivity contribution is 5.35. The summed E-state index contributed by atoms with van der Waals surface area (Å²) in [5.74, 6) is 0.764. The average molecular weight is 282 g/mol. The average Bonchev–Trinajstić information content (AvgIpc) is 2.44. The molecular weight excluding hydrogens is 256 g/mol. The highest BCUT2D eigenvalue weighted by Gasteiger charge is 2.10. The van der Waals surface area contributed by atoms with Crippen molar-refractivity contribution in [3.63, 3.8) is 0 Å². The fraction of sp³-hybridized carbons (Fsp3) is 0.769. The summed E-state index contributed by atoms with van der Waals surface area (Å²) in [4.78, 5) is 16.8. The van der Waals surface area contributed by atoms with E-state index in [4.69, 9.17) is 10.5 Å². The van der Waals surface area contributed by atoms with Gasteiger partial charge in [0.1, 0.15) is 6.61 Å². The fourth-order valence-electron chi connectivity index (χ4n) is 1.88. The Labute approximate surface area is 121 Å². The minimum absolute atomic E-state index is 0.194. The third kappa shape index (κ3) is 4.80. The van der Waals surface area contributed by atoms with Crippen LogP contribution in [0.3, 0.4) is 0 Å². The molecule has 1 aromatic heterocycles. The lowest BCUT2D eigenvalue weighted by atomic mass is 10.5. The van der Waals surface area contributed by atoms with Crippen molar-refractivity contribution < 1.29 is 4.74 Å². The molecule has 0 saturated heterocycles. The van der Waals surface area contributed by atoms with E-state index in [0.29, 0.717) is 18.6 Å². The van der Waals surface area contributed by atoms with Gasteiger partial charge in [-0.05, 0) is 26.9 Å². The Kier molecular flexibility index (Phi) is 7.00. The summed E-state index contributed by atoms with van der Waals surface area (Å²) in [7, 11) is 0. The number of nitrogens with zero attached hydrogens (tertiary/aromatic N) is 5. The number of likely N-dealkylation sites (N-methyl/N-ethyl adjacent to an activating group) is 1. The second kappa shape index (κ2) is 8.52. The second-order valence-electron chi connectivity index (χ2n) is 4.32. The molecule has 0 aliphatic carbocycles. The lowest BCUT2D eigenvalue weighted by molar-refractivity contribution is 0.212. The SMILES string of the molecule is CCN(CC)CCOc1nc(N)nc(N(CC)CC)n1. The molecule has 2 N–H and O–H groups in total. The molecule has 0 aromatic carbocycles. The quantitative estimate of drug-likeness (QED) is 0.724. The van der Waals surface area contributed by atoms with Gasteiger partial charge in [0.05, 0.1) is 0 Å². The van der Waals surface area contributed by atoms with Crippen LogP contribution in [0.25, 0.3) is 0 Å². The first-order valence-corrected chi connectivity index (χ1v) is 7.26. The van der Waals surface area contributed by atoms with Crippen molar-refractivity contribution in [2.75, 3.05) is 50.0 Å². The molecule has 7 nitrogen and oxygen atoms in total. The summed E-state index contributed by atoms with van der Waals surface area (Å²) in [5, 5.41) is 0. The molecule has 1 heterocycles. The van der Waals surface area contributed by atoms with Gasteiger partial charge in [0, 0.05) is 19.6 Å². The summed E-state index contributed by atoms with van der Waals surface area (Å²) in [6.07, 6.45) is 0. The first kappa shape index (κ1) is 16.4. The van der Waals surface area contributed by atoms with Crippen molar-refractivity contribution >= 4 is 11.9 Å². The maximum Gasteiger partial charge on any atom is 0.323 e. The standard InChI is InChI=1S/C13H26N6O/c1-5-18(6-2)9-10-20-13-16-11(14)15-12(17-13)19(7-3)8-4/h5-10H2,1-4H3,(H2,14,15,16,17). The van der Waals surface area contributed by atoms with Crippen LogP contribution in [0.4, 0.5) is 11.9 Å². The number of nitrogens with two attached hydrogens (primary N) is 1. The first-order valence-electron chi connectivity index (χ1n) is 7.26. The minimum atomic E-state index is 0.194. The number of hydrogen-bond acceptors (Lipinski definition) is 7. The lowest BCUT2D eigenvalue weighted by Crippen LogP contribution is -2.28. The van der Waals surface area contributed by atoms with Gasteiger partial charge in [0.25, 0.3) is 0 Å². The number of anilines is 2. The van der Waals surface area contributed by atoms with E-state index >= 15 is 0 Å². The highest BCUT2D eigenvalue weighted by Crippen LogP contribution is 2.13. The fourth-order valence-corrected chi connectivity index (χ4v) is 1.88. The molecule has 1 aromatic rings. The molecule has 0 aliphatic heterocycles. The molecule has 7 heteroatoms. The molecule has 0 unspecified atom stereocenters. The van der Waals surface area contributed by atoms with Crippen molar-refractivity contribution in [3.8, 4) is 6.01 Å². The summed E-state index contributed by atoms with van der Waals surface area (Å²) in [5.41, 5.74) is 5.71. The van der Waals surface area contributed by atoms with E-state index < -0.39 is 0 Å². The Hall–Kier alpha value is -1.63. The Morgan fingerprint density at radius 3 is 2.15 bits per heavy atom. The van der Waals surface area contributed by atoms with Crippen LogP contribution in [-0.4, -0.2) is 59.2 Å². The van der Waals surface area contributed by atoms with Crippen molar-refractivity contribution in [2.45, 2.75) is 27.7 Å². The molecule has 0 bridgehead atoms. The zero-order valence-electron chi connectivity index (χ0n) is 13.0. The highest BCUT2D eigenvalue weighted by atomic mass is 16.5. The predicted octanol–water partition coefficient (Wildman–Crippen LogP) is 1.02. The summed E-state index contributed by atoms with van der Waals surface area (Å²) in [6.45, 7) is 13.4. The largest absolute Gasteiger partial charge is 0.462 e. The van der Waals surface area contributed by atoms with Gasteiger partial charge in [-0.15, -0.1) is 0 Å². The Morgan fingerprint density at radius 2 is 1.60 bits per heavy atom. The zero-order valence-corrected chi connectivity index (χ0v) is 13.0. The predicted molar refractivity (Wildman–Crippen MR) is 81.1 cm³/mol. The second-order valence-corrected chi connectivity index (χ2v) is 4.32. The first-order chi connectivity index (χ1) is 9.64. The van der Waals surface area contributed by atoms with Gasteiger partial charge in [0.2, 0.25) is 11.9 Å². The normalized spacial score (nSPS) is 10.8. The van der Waals surface area contributed by atoms with Crippen LogP contribution in [0.2, 0.25) is 0 Å². The molecule has 20 heavy (non-hydrogen) atoms. The van der Waals surface area contributed by atoms with Gasteiger partial charge < -0.3 is 20.3 Å². The summed E-state index contributed by atoms with van der Waals surface area (Å²) < 4.78 is 5.59. The number of hydrogen-bond donors (Lipinski definition) is 1. The van der Waals surface area contributed by atoms with Crippen LogP contribution in [0.15, 0.2) is 0 Å². The van der Waals surface area contributed by atoms with Crippen LogP contribution < -0.4 is 15.4 Å². The van der Waals surface area contributed by atoms with Crippen LogP contribution >= 0.6 is 0 Å². The van der Waals surface area contributed by atoms with Crippen LogP contribution in [-0.2, 0) is 0 Å². The van der Waals surface area contributed by atoms with E-state index in [1.807, 2.05) is 18.7 Å². The van der Waals surface area contributed by atoms with Gasteiger partial charge in [-0.2, -0.15) is 15.0 Å². The molecule has 0 amide bonds. The van der Waals surface area contributed by atoms with Gasteiger partial charge in [-0.3, -0.25) is 0 Å². The molecule has 1 rings (SSSR count). The van der Waals surface area contributed by atoms with E-state index in [1.165, 1.54) is 0 Å². The number of rotatable bonds is 9. The maximum absolute atomic E-state index is 5.71. The van der Waals surface area contributed by atoms with Gasteiger partial charge in [-0.1, -0.05) is 13.8 Å². The van der Waals surface area contributed by atoms with E-state index in [1.54, 1.807) is 0 Å². The number of nitrogen functional groups attached to an aromatic ring is 1. The molecule has 0 radical (unpaired) electrons. The number of aromatic nitrogens is 3. The molecular formula is C13H26N6O. The third-order valence-electron chi connectivity index (χ3n) is 3.20. The summed E-state index contributed by atoms with van der Waals surface area (Å²) >= 11 is 0. The van der Waals surface area contributed by atoms with Crippen LogP contribution in [0.1, 0.15) is 27.7 Å². The third-order valence-corrected chi connectivity index (χ3v) is 3.20. The number of ether oxygens (including phenoxy) is 1. The van der Waals surface area contributed by atoms with Crippen molar-refractivity contribution in [2.24, 2.45) is 0 Å². The Bertz CT molecular complexity index is 392. The van der Waals surface area contributed by atoms with Gasteiger partial charge in [0.15, 0.2) is 0 Å². The van der Waals surface area contributed by atoms with E-state index in [0.717, 1.165) is 32.7 Å². The zero-order chi connectivity index (χ0) is 15.0.